The third-order valence-electron chi connectivity index (χ3n) is 4.87. The van der Waals surface area contributed by atoms with Crippen LogP contribution < -0.4 is 15.5 Å². The molecular weight excluding hydrogens is 326 g/mol. The molecule has 1 aromatic carbocycles. The average Bonchev–Trinajstić information content (AvgIpc) is 3.01. The maximum Gasteiger partial charge on any atom is 0.257 e. The minimum atomic E-state index is -0.951. The molecule has 0 saturated carbocycles. The minimum Gasteiger partial charge on any atom is -0.354 e. The largest absolute Gasteiger partial charge is 0.354 e. The van der Waals surface area contributed by atoms with E-state index in [1.54, 1.807) is 4.90 Å². The number of hydrogen-bond donors (Lipinski definition) is 2. The summed E-state index contributed by atoms with van der Waals surface area (Å²) in [4.78, 5) is 39.2. The quantitative estimate of drug-likeness (QED) is 0.849. The van der Waals surface area contributed by atoms with Crippen LogP contribution in [0.1, 0.15) is 32.1 Å². The van der Waals surface area contributed by atoms with Crippen LogP contribution in [-0.4, -0.2) is 35.2 Å². The predicted molar refractivity (Wildman–Crippen MR) is 90.5 cm³/mol. The van der Waals surface area contributed by atoms with E-state index in [2.05, 4.69) is 10.6 Å². The molecule has 2 unspecified atom stereocenters. The Labute approximate surface area is 144 Å². The van der Waals surface area contributed by atoms with Gasteiger partial charge in [0.25, 0.3) is 5.91 Å². The molecule has 7 heteroatoms. The molecule has 0 spiro atoms. The van der Waals surface area contributed by atoms with Gasteiger partial charge < -0.3 is 10.6 Å². The molecule has 4 rings (SSSR count). The summed E-state index contributed by atoms with van der Waals surface area (Å²) in [5.41, 5.74) is 0.797. The molecule has 0 aromatic heterocycles. The molecule has 3 heterocycles. The number of rotatable bonds is 2. The summed E-state index contributed by atoms with van der Waals surface area (Å²) in [7, 11) is 0. The zero-order valence-corrected chi connectivity index (χ0v) is 14.0. The molecule has 0 bridgehead atoms. The number of amides is 3. The van der Waals surface area contributed by atoms with Crippen molar-refractivity contribution in [2.24, 2.45) is 0 Å². The van der Waals surface area contributed by atoms with E-state index in [0.717, 1.165) is 23.4 Å². The Hall–Kier alpha value is -2.02. The third kappa shape index (κ3) is 2.30. The van der Waals surface area contributed by atoms with Crippen molar-refractivity contribution >= 4 is 35.2 Å². The highest BCUT2D eigenvalue weighted by atomic mass is 32.2. The van der Waals surface area contributed by atoms with E-state index in [4.69, 9.17) is 0 Å². The summed E-state index contributed by atoms with van der Waals surface area (Å²) < 4.78 is 0. The van der Waals surface area contributed by atoms with E-state index in [1.807, 2.05) is 24.3 Å². The standard InChI is InChI=1S/C17H19N3O3S/c21-14-8-9-17(20(14)12-6-1-2-7-13(12)24-17)16(23)19-11-5-3-4-10-18-15(11)22/h1-2,6-7,11H,3-5,8-10H2,(H,18,22)(H,19,23). The first-order valence-corrected chi connectivity index (χ1v) is 9.13. The van der Waals surface area contributed by atoms with E-state index in [1.165, 1.54) is 11.8 Å². The van der Waals surface area contributed by atoms with E-state index in [0.29, 0.717) is 25.8 Å². The van der Waals surface area contributed by atoms with Gasteiger partial charge in [-0.3, -0.25) is 19.3 Å². The highest BCUT2D eigenvalue weighted by Gasteiger charge is 2.57. The van der Waals surface area contributed by atoms with Crippen LogP contribution in [0.15, 0.2) is 29.2 Å². The third-order valence-corrected chi connectivity index (χ3v) is 6.34. The van der Waals surface area contributed by atoms with Crippen LogP contribution in [0.5, 0.6) is 0 Å². The van der Waals surface area contributed by atoms with Crippen molar-refractivity contribution in [3.05, 3.63) is 24.3 Å². The van der Waals surface area contributed by atoms with Gasteiger partial charge in [0.1, 0.15) is 6.04 Å². The molecule has 0 radical (unpaired) electrons. The molecule has 2 N–H and O–H groups in total. The number of benzene rings is 1. The molecule has 3 aliphatic rings. The summed E-state index contributed by atoms with van der Waals surface area (Å²) in [6.07, 6.45) is 3.27. The van der Waals surface area contributed by atoms with Crippen molar-refractivity contribution < 1.29 is 14.4 Å². The summed E-state index contributed by atoms with van der Waals surface area (Å²) in [5, 5.41) is 5.74. The van der Waals surface area contributed by atoms with Gasteiger partial charge in [-0.25, -0.2) is 0 Å². The predicted octanol–water partition coefficient (Wildman–Crippen LogP) is 1.40. The Morgan fingerprint density at radius 2 is 2.12 bits per heavy atom. The number of anilines is 1. The first-order valence-electron chi connectivity index (χ1n) is 8.32. The lowest BCUT2D eigenvalue weighted by Crippen LogP contribution is -2.57. The Morgan fingerprint density at radius 1 is 1.29 bits per heavy atom. The smallest absolute Gasteiger partial charge is 0.257 e. The molecule has 0 aliphatic carbocycles. The van der Waals surface area contributed by atoms with Crippen molar-refractivity contribution in [2.75, 3.05) is 11.4 Å². The molecular formula is C17H19N3O3S. The molecule has 6 nitrogen and oxygen atoms in total. The van der Waals surface area contributed by atoms with Crippen LogP contribution in [-0.2, 0) is 14.4 Å². The molecule has 1 aromatic rings. The number of thioether (sulfide) groups is 1. The maximum absolute atomic E-state index is 13.1. The van der Waals surface area contributed by atoms with Crippen LogP contribution in [0.2, 0.25) is 0 Å². The van der Waals surface area contributed by atoms with Gasteiger partial charge in [-0.2, -0.15) is 0 Å². The van der Waals surface area contributed by atoms with Gasteiger partial charge in [0.2, 0.25) is 11.8 Å². The van der Waals surface area contributed by atoms with E-state index >= 15 is 0 Å². The van der Waals surface area contributed by atoms with Crippen LogP contribution in [0.3, 0.4) is 0 Å². The summed E-state index contributed by atoms with van der Waals surface area (Å²) in [6, 6.07) is 7.06. The lowest BCUT2D eigenvalue weighted by Gasteiger charge is -2.31. The topological polar surface area (TPSA) is 78.5 Å². The highest BCUT2D eigenvalue weighted by Crippen LogP contribution is 2.55. The van der Waals surface area contributed by atoms with Gasteiger partial charge in [0.15, 0.2) is 4.87 Å². The SMILES string of the molecule is O=C1NCCCCC1NC(=O)C12CCC(=O)N1c1ccccc1S2. The summed E-state index contributed by atoms with van der Waals surface area (Å²) in [5.74, 6) is -0.404. The van der Waals surface area contributed by atoms with E-state index in [-0.39, 0.29) is 17.7 Å². The number of nitrogens with one attached hydrogen (secondary N) is 2. The van der Waals surface area contributed by atoms with Crippen molar-refractivity contribution in [3.63, 3.8) is 0 Å². The van der Waals surface area contributed by atoms with E-state index < -0.39 is 10.9 Å². The Balaban J connectivity index is 1.62. The summed E-state index contributed by atoms with van der Waals surface area (Å²) >= 11 is 1.42. The molecule has 24 heavy (non-hydrogen) atoms. The van der Waals surface area contributed by atoms with Gasteiger partial charge in [-0.1, -0.05) is 23.9 Å². The molecule has 3 aliphatic heterocycles. The zero-order chi connectivity index (χ0) is 16.7. The highest BCUT2D eigenvalue weighted by molar-refractivity contribution is 8.02. The number of nitrogens with zero attached hydrogens (tertiary/aromatic N) is 1. The normalized spacial score (nSPS) is 28.8. The number of hydrogen-bond acceptors (Lipinski definition) is 4. The molecule has 2 fully saturated rings. The second-order valence-electron chi connectivity index (χ2n) is 6.40. The van der Waals surface area contributed by atoms with Crippen molar-refractivity contribution in [1.29, 1.82) is 0 Å². The Morgan fingerprint density at radius 3 is 3.00 bits per heavy atom. The van der Waals surface area contributed by atoms with E-state index in [9.17, 15) is 14.4 Å². The first kappa shape index (κ1) is 15.5. The molecule has 126 valence electrons. The van der Waals surface area contributed by atoms with Gasteiger partial charge in [-0.05, 0) is 37.8 Å². The fraction of sp³-hybridized carbons (Fsp3) is 0.471. The number of para-hydroxylation sites is 1. The molecule has 2 atom stereocenters. The average molecular weight is 345 g/mol. The fourth-order valence-corrected chi connectivity index (χ4v) is 5.07. The van der Waals surface area contributed by atoms with Gasteiger partial charge in [0, 0.05) is 17.9 Å². The number of carbonyl (C=O) groups excluding carboxylic acids is 3. The lowest BCUT2D eigenvalue weighted by atomic mass is 10.1. The van der Waals surface area contributed by atoms with Crippen LogP contribution in [0.4, 0.5) is 5.69 Å². The van der Waals surface area contributed by atoms with Crippen LogP contribution >= 0.6 is 11.8 Å². The monoisotopic (exact) mass is 345 g/mol. The van der Waals surface area contributed by atoms with Gasteiger partial charge in [-0.15, -0.1) is 0 Å². The molecule has 2 saturated heterocycles. The Kier molecular flexibility index (Phi) is 3.75. The number of fused-ring (bicyclic) bond motifs is 3. The fourth-order valence-electron chi connectivity index (χ4n) is 3.65. The van der Waals surface area contributed by atoms with Crippen LogP contribution in [0, 0.1) is 0 Å². The zero-order valence-electron chi connectivity index (χ0n) is 13.2. The second-order valence-corrected chi connectivity index (χ2v) is 7.72. The second kappa shape index (κ2) is 5.81. The van der Waals surface area contributed by atoms with Gasteiger partial charge >= 0.3 is 0 Å². The van der Waals surface area contributed by atoms with Crippen molar-refractivity contribution in [3.8, 4) is 0 Å². The first-order chi connectivity index (χ1) is 11.6. The van der Waals surface area contributed by atoms with Crippen LogP contribution in [0.25, 0.3) is 0 Å². The maximum atomic E-state index is 13.1. The molecule has 3 amide bonds. The van der Waals surface area contributed by atoms with Crippen molar-refractivity contribution in [1.82, 2.24) is 10.6 Å². The summed E-state index contributed by atoms with van der Waals surface area (Å²) in [6.45, 7) is 0.654. The van der Waals surface area contributed by atoms with Crippen molar-refractivity contribution in [2.45, 2.75) is 47.9 Å². The minimum absolute atomic E-state index is 0.0343. The number of carbonyl (C=O) groups is 3. The van der Waals surface area contributed by atoms with Gasteiger partial charge in [0.05, 0.1) is 5.69 Å². The lowest BCUT2D eigenvalue weighted by molar-refractivity contribution is -0.130. The Bertz CT molecular complexity index is 723.